The summed E-state index contributed by atoms with van der Waals surface area (Å²) in [5, 5.41) is 2.99. The molecule has 3 rings (SSSR count). The molecule has 0 spiro atoms. The Labute approximate surface area is 133 Å². The van der Waals surface area contributed by atoms with Crippen LogP contribution in [0.1, 0.15) is 16.3 Å². The largest absolute Gasteiger partial charge is 0.497 e. The summed E-state index contributed by atoms with van der Waals surface area (Å²) in [6.45, 7) is 1.97. The van der Waals surface area contributed by atoms with Gasteiger partial charge in [0.1, 0.15) is 11.4 Å². The lowest BCUT2D eigenvalue weighted by Crippen LogP contribution is -1.86. The van der Waals surface area contributed by atoms with Gasteiger partial charge in [-0.15, -0.1) is 11.3 Å². The van der Waals surface area contributed by atoms with Crippen LogP contribution in [0.2, 0.25) is 0 Å². The number of aryl methyl sites for hydroxylation is 1. The van der Waals surface area contributed by atoms with Crippen LogP contribution in [0.4, 0.5) is 0 Å². The topological polar surface area (TPSA) is 35.0 Å². The zero-order valence-corrected chi connectivity index (χ0v) is 13.1. The maximum absolute atomic E-state index is 5.16. The van der Waals surface area contributed by atoms with E-state index in [1.807, 2.05) is 48.7 Å². The summed E-state index contributed by atoms with van der Waals surface area (Å²) in [5.41, 5.74) is 3.65. The minimum Gasteiger partial charge on any atom is -0.497 e. The van der Waals surface area contributed by atoms with Crippen LogP contribution in [0.3, 0.4) is 0 Å². The SMILES string of the molecule is COc1ccc(-c2ccc(C#Cc3csc(C)n3)cn2)cc1. The highest BCUT2D eigenvalue weighted by Gasteiger charge is 2.00. The number of rotatable bonds is 2. The summed E-state index contributed by atoms with van der Waals surface area (Å²) >= 11 is 1.60. The van der Waals surface area contributed by atoms with E-state index in [-0.39, 0.29) is 0 Å². The summed E-state index contributed by atoms with van der Waals surface area (Å²) in [5.74, 6) is 6.97. The average Bonchev–Trinajstić information content (AvgIpc) is 2.99. The van der Waals surface area contributed by atoms with Crippen LogP contribution in [0.15, 0.2) is 48.0 Å². The number of nitrogens with zero attached hydrogens (tertiary/aromatic N) is 2. The van der Waals surface area contributed by atoms with Crippen molar-refractivity contribution < 1.29 is 4.74 Å². The lowest BCUT2D eigenvalue weighted by Gasteiger charge is -2.03. The number of benzene rings is 1. The molecular formula is C18H14N2OS. The van der Waals surface area contributed by atoms with E-state index in [0.29, 0.717) is 0 Å². The fourth-order valence-electron chi connectivity index (χ4n) is 1.96. The third kappa shape index (κ3) is 3.33. The zero-order valence-electron chi connectivity index (χ0n) is 12.3. The van der Waals surface area contributed by atoms with Crippen molar-refractivity contribution in [3.05, 3.63) is 64.2 Å². The predicted octanol–water partition coefficient (Wildman–Crippen LogP) is 3.92. The van der Waals surface area contributed by atoms with Crippen molar-refractivity contribution in [2.24, 2.45) is 0 Å². The van der Waals surface area contributed by atoms with Crippen molar-refractivity contribution in [3.8, 4) is 28.8 Å². The highest BCUT2D eigenvalue weighted by molar-refractivity contribution is 7.09. The molecular weight excluding hydrogens is 292 g/mol. The number of hydrogen-bond donors (Lipinski definition) is 0. The Morgan fingerprint density at radius 3 is 2.45 bits per heavy atom. The van der Waals surface area contributed by atoms with Gasteiger partial charge in [-0.05, 0) is 49.2 Å². The van der Waals surface area contributed by atoms with Crippen molar-refractivity contribution in [1.82, 2.24) is 9.97 Å². The molecule has 108 valence electrons. The molecule has 0 unspecified atom stereocenters. The quantitative estimate of drug-likeness (QED) is 0.673. The first-order valence-corrected chi connectivity index (χ1v) is 7.67. The molecule has 0 fully saturated rings. The van der Waals surface area contributed by atoms with E-state index in [1.54, 1.807) is 24.6 Å². The molecule has 0 saturated carbocycles. The van der Waals surface area contributed by atoms with Gasteiger partial charge in [0.05, 0.1) is 17.8 Å². The number of methoxy groups -OCH3 is 1. The maximum Gasteiger partial charge on any atom is 0.124 e. The predicted molar refractivity (Wildman–Crippen MR) is 89.1 cm³/mol. The third-order valence-corrected chi connectivity index (χ3v) is 3.88. The fourth-order valence-corrected chi connectivity index (χ4v) is 2.50. The molecule has 0 aliphatic heterocycles. The molecule has 0 amide bonds. The molecule has 3 nitrogen and oxygen atoms in total. The molecule has 0 bridgehead atoms. The van der Waals surface area contributed by atoms with Crippen LogP contribution >= 0.6 is 11.3 Å². The minimum absolute atomic E-state index is 0.807. The minimum atomic E-state index is 0.807. The van der Waals surface area contributed by atoms with Crippen molar-refractivity contribution in [2.75, 3.05) is 7.11 Å². The number of aromatic nitrogens is 2. The Bertz CT molecular complexity index is 824. The van der Waals surface area contributed by atoms with Gasteiger partial charge in [0.15, 0.2) is 0 Å². The van der Waals surface area contributed by atoms with Crippen molar-refractivity contribution in [2.45, 2.75) is 6.92 Å². The van der Waals surface area contributed by atoms with Crippen LogP contribution < -0.4 is 4.74 Å². The second-order valence-corrected chi connectivity index (χ2v) is 5.72. The van der Waals surface area contributed by atoms with E-state index < -0.39 is 0 Å². The van der Waals surface area contributed by atoms with Crippen molar-refractivity contribution in [3.63, 3.8) is 0 Å². The molecule has 1 aromatic carbocycles. The molecule has 2 aromatic heterocycles. The Balaban J connectivity index is 1.79. The Morgan fingerprint density at radius 1 is 1.05 bits per heavy atom. The molecule has 0 aliphatic rings. The summed E-state index contributed by atoms with van der Waals surface area (Å²) < 4.78 is 5.16. The third-order valence-electron chi connectivity index (χ3n) is 3.10. The van der Waals surface area contributed by atoms with Gasteiger partial charge in [-0.1, -0.05) is 5.92 Å². The van der Waals surface area contributed by atoms with Crippen LogP contribution in [-0.4, -0.2) is 17.1 Å². The number of pyridine rings is 1. The average molecular weight is 306 g/mol. The van der Waals surface area contributed by atoms with Gasteiger partial charge >= 0.3 is 0 Å². The van der Waals surface area contributed by atoms with Crippen molar-refractivity contribution in [1.29, 1.82) is 0 Å². The van der Waals surface area contributed by atoms with E-state index in [1.165, 1.54) is 0 Å². The molecule has 0 atom stereocenters. The van der Waals surface area contributed by atoms with Crippen LogP contribution in [0.5, 0.6) is 5.75 Å². The number of hydrogen-bond acceptors (Lipinski definition) is 4. The van der Waals surface area contributed by atoms with Crippen LogP contribution in [0.25, 0.3) is 11.3 Å². The molecule has 2 heterocycles. The lowest BCUT2D eigenvalue weighted by atomic mass is 10.1. The summed E-state index contributed by atoms with van der Waals surface area (Å²) in [7, 11) is 1.66. The molecule has 0 N–H and O–H groups in total. The van der Waals surface area contributed by atoms with Crippen LogP contribution in [0, 0.1) is 18.8 Å². The molecule has 0 radical (unpaired) electrons. The first-order chi connectivity index (χ1) is 10.7. The van der Waals surface area contributed by atoms with Gasteiger partial charge in [0.25, 0.3) is 0 Å². The summed E-state index contributed by atoms with van der Waals surface area (Å²) in [6.07, 6.45) is 1.78. The summed E-state index contributed by atoms with van der Waals surface area (Å²) in [6, 6.07) is 11.8. The first kappa shape index (κ1) is 14.3. The number of thiazole rings is 1. The smallest absolute Gasteiger partial charge is 0.124 e. The Kier molecular flexibility index (Phi) is 4.17. The second-order valence-electron chi connectivity index (χ2n) is 4.66. The van der Waals surface area contributed by atoms with E-state index in [0.717, 1.165) is 33.3 Å². The first-order valence-electron chi connectivity index (χ1n) is 6.79. The van der Waals surface area contributed by atoms with Gasteiger partial charge in [-0.25, -0.2) is 4.98 Å². The van der Waals surface area contributed by atoms with E-state index in [2.05, 4.69) is 21.8 Å². The van der Waals surface area contributed by atoms with E-state index in [4.69, 9.17) is 4.74 Å². The summed E-state index contributed by atoms with van der Waals surface area (Å²) in [4.78, 5) is 8.78. The normalized spacial score (nSPS) is 9.91. The van der Waals surface area contributed by atoms with Gasteiger partial charge in [0, 0.05) is 22.7 Å². The van der Waals surface area contributed by atoms with Gasteiger partial charge in [-0.3, -0.25) is 4.98 Å². The van der Waals surface area contributed by atoms with Gasteiger partial charge in [0.2, 0.25) is 0 Å². The lowest BCUT2D eigenvalue weighted by molar-refractivity contribution is 0.415. The molecule has 4 heteroatoms. The molecule has 0 saturated heterocycles. The maximum atomic E-state index is 5.16. The van der Waals surface area contributed by atoms with E-state index in [9.17, 15) is 0 Å². The van der Waals surface area contributed by atoms with Gasteiger partial charge in [-0.2, -0.15) is 0 Å². The molecule has 3 aromatic rings. The van der Waals surface area contributed by atoms with Crippen molar-refractivity contribution >= 4 is 11.3 Å². The van der Waals surface area contributed by atoms with Crippen LogP contribution in [-0.2, 0) is 0 Å². The molecule has 0 aliphatic carbocycles. The standard InChI is InChI=1S/C18H14N2OS/c1-13-20-16(12-22-13)7-3-14-4-10-18(19-11-14)15-5-8-17(21-2)9-6-15/h4-6,8-12H,1-2H3. The highest BCUT2D eigenvalue weighted by Crippen LogP contribution is 2.20. The fraction of sp³-hybridized carbons (Fsp3) is 0.111. The highest BCUT2D eigenvalue weighted by atomic mass is 32.1. The van der Waals surface area contributed by atoms with Gasteiger partial charge < -0.3 is 4.74 Å². The second kappa shape index (κ2) is 6.42. The Morgan fingerprint density at radius 2 is 1.86 bits per heavy atom. The monoisotopic (exact) mass is 306 g/mol. The Hall–Kier alpha value is -2.64. The molecule has 22 heavy (non-hydrogen) atoms. The zero-order chi connectivity index (χ0) is 15.4. The number of ether oxygens (including phenoxy) is 1. The van der Waals surface area contributed by atoms with E-state index >= 15 is 0 Å².